The van der Waals surface area contributed by atoms with Crippen LogP contribution in [0, 0.1) is 23.4 Å². The Morgan fingerprint density at radius 2 is 1.45 bits per heavy atom. The summed E-state index contributed by atoms with van der Waals surface area (Å²) in [6, 6.07) is 7.98. The van der Waals surface area contributed by atoms with Gasteiger partial charge >= 0.3 is 12.4 Å². The molecule has 0 spiro atoms. The normalized spacial score (nSPS) is 24.5. The van der Waals surface area contributed by atoms with E-state index < -0.39 is 73.6 Å². The first-order valence-electron chi connectivity index (χ1n) is 15.1. The van der Waals surface area contributed by atoms with Crippen molar-refractivity contribution < 1.29 is 62.2 Å². The lowest BCUT2D eigenvalue weighted by Crippen LogP contribution is -2.61. The van der Waals surface area contributed by atoms with Crippen molar-refractivity contribution in [3.05, 3.63) is 101 Å². The third-order valence-corrected chi connectivity index (χ3v) is 12.2. The van der Waals surface area contributed by atoms with Crippen molar-refractivity contribution in [1.29, 1.82) is 0 Å². The van der Waals surface area contributed by atoms with Crippen molar-refractivity contribution in [3.63, 3.8) is 0 Å². The molecule has 3 aromatic carbocycles. The lowest BCUT2D eigenvalue weighted by atomic mass is 9.69. The van der Waals surface area contributed by atoms with Crippen molar-refractivity contribution in [3.8, 4) is 0 Å². The van der Waals surface area contributed by atoms with Gasteiger partial charge in [0, 0.05) is 23.6 Å². The number of alkyl halides is 6. The van der Waals surface area contributed by atoms with Gasteiger partial charge in [0.2, 0.25) is 5.91 Å². The highest BCUT2D eigenvalue weighted by Gasteiger charge is 2.73. The van der Waals surface area contributed by atoms with Crippen LogP contribution in [-0.2, 0) is 41.1 Å². The Labute approximate surface area is 274 Å². The number of carbonyl (C=O) groups is 1. The molecule has 16 heteroatoms. The molecule has 3 aromatic rings. The van der Waals surface area contributed by atoms with Gasteiger partial charge in [0.05, 0.1) is 30.3 Å². The molecule has 2 unspecified atom stereocenters. The summed E-state index contributed by atoms with van der Waals surface area (Å²) in [7, 11) is -4.52. The van der Waals surface area contributed by atoms with E-state index in [0.29, 0.717) is 43.8 Å². The van der Waals surface area contributed by atoms with Gasteiger partial charge in [0.1, 0.15) is 22.2 Å². The summed E-state index contributed by atoms with van der Waals surface area (Å²) in [5.74, 6) is -4.81. The van der Waals surface area contributed by atoms with Crippen molar-refractivity contribution in [1.82, 2.24) is 4.90 Å². The number of nitrogens with zero attached hydrogens (tertiary/aromatic N) is 1. The second-order valence-electron chi connectivity index (χ2n) is 12.5. The fraction of sp³-hybridized carbons (Fsp3) is 0.424. The number of ether oxygens (including phenoxy) is 2. The number of halogens is 9. The van der Waals surface area contributed by atoms with Gasteiger partial charge in [-0.2, -0.15) is 26.3 Å². The standard InChI is InChI=1S/C33H28F9NO5S/c34-22-8-12-25(13-9-22)49(45,46)30(14-19(15-30)29(44)43-16-24-11-10-23(43)17-47-24)20-4-6-21(7-5-20)31(32(37,38)39,33(40,41)42)48-18-26-27(35)2-1-3-28(26)36/h1-9,12-13,19,23-24H,10-11,14-18H2/t19-,23?,24?,30+. The van der Waals surface area contributed by atoms with Crippen LogP contribution in [0.5, 0.6) is 0 Å². The summed E-state index contributed by atoms with van der Waals surface area (Å²) in [5.41, 5.74) is -7.99. The largest absolute Gasteiger partial charge is 0.430 e. The van der Waals surface area contributed by atoms with Crippen molar-refractivity contribution in [2.45, 2.75) is 72.0 Å². The number of morpholine rings is 1. The van der Waals surface area contributed by atoms with E-state index in [0.717, 1.165) is 48.9 Å². The monoisotopic (exact) mass is 721 g/mol. The molecule has 3 heterocycles. The quantitative estimate of drug-likeness (QED) is 0.183. The van der Waals surface area contributed by atoms with E-state index in [9.17, 15) is 52.7 Å². The lowest BCUT2D eigenvalue weighted by molar-refractivity contribution is -0.392. The number of hydrogen-bond donors (Lipinski definition) is 0. The number of hydrogen-bond acceptors (Lipinski definition) is 5. The Kier molecular flexibility index (Phi) is 8.84. The van der Waals surface area contributed by atoms with Crippen LogP contribution >= 0.6 is 0 Å². The van der Waals surface area contributed by atoms with E-state index in [-0.39, 0.29) is 41.4 Å². The first-order chi connectivity index (χ1) is 22.9. The van der Waals surface area contributed by atoms with Gasteiger partial charge in [-0.25, -0.2) is 21.6 Å². The highest BCUT2D eigenvalue weighted by Crippen LogP contribution is 2.57. The Balaban J connectivity index is 1.39. The van der Waals surface area contributed by atoms with E-state index in [2.05, 4.69) is 4.74 Å². The number of amides is 1. The number of fused-ring (bicyclic) bond motifs is 3. The average Bonchev–Trinajstić information content (AvgIpc) is 3.02. The molecule has 1 amide bonds. The van der Waals surface area contributed by atoms with Crippen molar-refractivity contribution >= 4 is 15.7 Å². The van der Waals surface area contributed by atoms with E-state index >= 15 is 0 Å². The molecule has 0 radical (unpaired) electrons. The molecule has 3 saturated heterocycles. The highest BCUT2D eigenvalue weighted by atomic mass is 32.2. The summed E-state index contributed by atoms with van der Waals surface area (Å²) in [6.45, 7) is -1.13. The van der Waals surface area contributed by atoms with Crippen LogP contribution in [0.3, 0.4) is 0 Å². The van der Waals surface area contributed by atoms with Crippen LogP contribution < -0.4 is 0 Å². The molecule has 7 rings (SSSR count). The second-order valence-corrected chi connectivity index (χ2v) is 14.7. The predicted molar refractivity (Wildman–Crippen MR) is 154 cm³/mol. The second kappa shape index (κ2) is 12.3. The summed E-state index contributed by atoms with van der Waals surface area (Å²) in [6.07, 6.45) is -11.9. The van der Waals surface area contributed by atoms with Gasteiger partial charge < -0.3 is 14.4 Å². The first-order valence-corrected chi connectivity index (χ1v) is 16.6. The zero-order valence-corrected chi connectivity index (χ0v) is 26.1. The average molecular weight is 722 g/mol. The minimum absolute atomic E-state index is 0.172. The SMILES string of the molecule is O=C([C@H]1C[C@@](c2ccc(C(OCc3c(F)cccc3F)(C(F)(F)F)C(F)(F)F)cc2)(S(=O)(=O)c2ccc(F)cc2)C1)N1CC2CCC1CO2. The molecular formula is C33H28F9NO5S. The van der Waals surface area contributed by atoms with Gasteiger partial charge in [0.25, 0.3) is 5.60 Å². The molecule has 3 aliphatic heterocycles. The molecule has 1 aliphatic carbocycles. The van der Waals surface area contributed by atoms with Crippen LogP contribution in [0.15, 0.2) is 71.6 Å². The van der Waals surface area contributed by atoms with Gasteiger partial charge in [0.15, 0.2) is 9.84 Å². The molecule has 0 aromatic heterocycles. The Morgan fingerprint density at radius 1 is 0.857 bits per heavy atom. The number of carbonyl (C=O) groups excluding carboxylic acids is 1. The zero-order chi connectivity index (χ0) is 35.6. The predicted octanol–water partition coefficient (Wildman–Crippen LogP) is 7.11. The van der Waals surface area contributed by atoms with E-state index in [1.807, 2.05) is 0 Å². The van der Waals surface area contributed by atoms with Crippen LogP contribution in [0.1, 0.15) is 42.4 Å². The molecule has 49 heavy (non-hydrogen) atoms. The summed E-state index contributed by atoms with van der Waals surface area (Å²) >= 11 is 0. The smallest absolute Gasteiger partial charge is 0.374 e. The molecule has 2 bridgehead atoms. The number of benzene rings is 3. The first kappa shape index (κ1) is 35.2. The Hall–Kier alpha value is -3.63. The molecule has 1 saturated carbocycles. The maximum Gasteiger partial charge on any atom is 0.430 e. The van der Waals surface area contributed by atoms with Crippen molar-refractivity contribution in [2.75, 3.05) is 13.2 Å². The van der Waals surface area contributed by atoms with Crippen LogP contribution in [0.4, 0.5) is 39.5 Å². The molecule has 0 N–H and O–H groups in total. The number of rotatable bonds is 8. The molecular weight excluding hydrogens is 693 g/mol. The third-order valence-electron chi connectivity index (χ3n) is 9.72. The molecule has 2 atom stereocenters. The molecule has 6 nitrogen and oxygen atoms in total. The minimum atomic E-state index is -6.21. The maximum absolute atomic E-state index is 14.5. The van der Waals surface area contributed by atoms with E-state index in [1.54, 1.807) is 4.90 Å². The summed E-state index contributed by atoms with van der Waals surface area (Å²) in [5, 5.41) is 0. The third kappa shape index (κ3) is 5.78. The van der Waals surface area contributed by atoms with Gasteiger partial charge in [-0.15, -0.1) is 0 Å². The fourth-order valence-corrected chi connectivity index (χ4v) is 9.24. The number of piperidine rings is 1. The van der Waals surface area contributed by atoms with Gasteiger partial charge in [-0.1, -0.05) is 30.3 Å². The van der Waals surface area contributed by atoms with Crippen molar-refractivity contribution in [2.24, 2.45) is 5.92 Å². The van der Waals surface area contributed by atoms with E-state index in [1.165, 1.54) is 0 Å². The molecule has 4 aliphatic rings. The highest BCUT2D eigenvalue weighted by molar-refractivity contribution is 7.92. The molecule has 264 valence electrons. The zero-order valence-electron chi connectivity index (χ0n) is 25.3. The summed E-state index contributed by atoms with van der Waals surface area (Å²) < 4.78 is 165. The van der Waals surface area contributed by atoms with Gasteiger partial charge in [-0.3, -0.25) is 4.79 Å². The topological polar surface area (TPSA) is 72.9 Å². The number of sulfone groups is 1. The van der Waals surface area contributed by atoms with Gasteiger partial charge in [-0.05, 0) is 67.6 Å². The van der Waals surface area contributed by atoms with E-state index in [4.69, 9.17) is 4.74 Å². The Bertz CT molecular complexity index is 1780. The fourth-order valence-electron chi connectivity index (χ4n) is 7.01. The maximum atomic E-state index is 14.5. The summed E-state index contributed by atoms with van der Waals surface area (Å²) in [4.78, 5) is 14.8. The molecule has 4 fully saturated rings. The minimum Gasteiger partial charge on any atom is -0.374 e. The Morgan fingerprint density at radius 3 is 1.94 bits per heavy atom. The van der Waals surface area contributed by atoms with Crippen LogP contribution in [-0.4, -0.2) is 56.9 Å². The lowest BCUT2D eigenvalue weighted by Gasteiger charge is -2.51. The van der Waals surface area contributed by atoms with Crippen LogP contribution in [0.2, 0.25) is 0 Å². The van der Waals surface area contributed by atoms with Crippen LogP contribution in [0.25, 0.3) is 0 Å².